The zero-order valence-corrected chi connectivity index (χ0v) is 12.0. The van der Waals surface area contributed by atoms with E-state index in [0.29, 0.717) is 6.42 Å². The van der Waals surface area contributed by atoms with Gasteiger partial charge in [-0.15, -0.1) is 0 Å². The number of hydrogen-bond donors (Lipinski definition) is 4. The van der Waals surface area contributed by atoms with Gasteiger partial charge in [0.1, 0.15) is 18.2 Å². The van der Waals surface area contributed by atoms with Crippen LogP contribution in [0.4, 0.5) is 0 Å². The van der Waals surface area contributed by atoms with Gasteiger partial charge < -0.3 is 26.0 Å². The smallest absolute Gasteiger partial charge is 0.252 e. The number of aryl methyl sites for hydroxylation is 1. The van der Waals surface area contributed by atoms with Crippen molar-refractivity contribution in [3.05, 3.63) is 35.9 Å². The van der Waals surface area contributed by atoms with Gasteiger partial charge in [0, 0.05) is 0 Å². The molecule has 1 heterocycles. The first-order valence-electron chi connectivity index (χ1n) is 7.09. The molecule has 1 saturated heterocycles. The van der Waals surface area contributed by atoms with Crippen LogP contribution in [0.25, 0.3) is 0 Å². The normalized spacial score (nSPS) is 26.0. The molecule has 1 unspecified atom stereocenters. The lowest BCUT2D eigenvalue weighted by atomic mass is 10.1. The number of aliphatic hydroxyl groups is 3. The first-order chi connectivity index (χ1) is 10.4. The molecule has 1 aliphatic heterocycles. The lowest BCUT2D eigenvalue weighted by molar-refractivity contribution is -0.146. The van der Waals surface area contributed by atoms with E-state index in [2.05, 4.69) is 0 Å². The summed E-state index contributed by atoms with van der Waals surface area (Å²) in [5, 5.41) is 29.3. The van der Waals surface area contributed by atoms with Crippen LogP contribution in [0.15, 0.2) is 30.3 Å². The van der Waals surface area contributed by atoms with Gasteiger partial charge in [0.25, 0.3) is 5.91 Å². The van der Waals surface area contributed by atoms with E-state index >= 15 is 0 Å². The van der Waals surface area contributed by atoms with Crippen LogP contribution in [0.2, 0.25) is 0 Å². The van der Waals surface area contributed by atoms with Gasteiger partial charge in [0.2, 0.25) is 5.91 Å². The van der Waals surface area contributed by atoms with Crippen molar-refractivity contribution in [2.75, 3.05) is 6.54 Å². The average molecular weight is 308 g/mol. The summed E-state index contributed by atoms with van der Waals surface area (Å²) < 4.78 is 0. The van der Waals surface area contributed by atoms with E-state index < -0.39 is 36.2 Å². The summed E-state index contributed by atoms with van der Waals surface area (Å²) in [6.07, 6.45) is -3.32. The third kappa shape index (κ3) is 3.44. The monoisotopic (exact) mass is 308 g/mol. The molecule has 5 N–H and O–H groups in total. The van der Waals surface area contributed by atoms with E-state index in [1.165, 1.54) is 0 Å². The quantitative estimate of drug-likeness (QED) is 0.521. The predicted molar refractivity (Wildman–Crippen MR) is 77.5 cm³/mol. The fourth-order valence-electron chi connectivity index (χ4n) is 2.63. The second kappa shape index (κ2) is 6.87. The lowest BCUT2D eigenvalue weighted by Crippen LogP contribution is -2.51. The van der Waals surface area contributed by atoms with Gasteiger partial charge in [-0.25, -0.2) is 0 Å². The minimum Gasteiger partial charge on any atom is -0.388 e. The van der Waals surface area contributed by atoms with Crippen LogP contribution in [0, 0.1) is 0 Å². The third-order valence-corrected chi connectivity index (χ3v) is 3.85. The highest BCUT2D eigenvalue weighted by Gasteiger charge is 2.46. The molecule has 2 rings (SSSR count). The molecular formula is C15H20N2O5. The number of nitrogens with zero attached hydrogens (tertiary/aromatic N) is 1. The highest BCUT2D eigenvalue weighted by atomic mass is 16.3. The average Bonchev–Trinajstić information content (AvgIpc) is 2.80. The fraction of sp³-hybridized carbons (Fsp3) is 0.467. The van der Waals surface area contributed by atoms with E-state index in [1.807, 2.05) is 30.3 Å². The predicted octanol–water partition coefficient (Wildman–Crippen LogP) is -1.60. The Morgan fingerprint density at radius 3 is 2.50 bits per heavy atom. The Kier molecular flexibility index (Phi) is 5.12. The van der Waals surface area contributed by atoms with Crippen molar-refractivity contribution in [3.8, 4) is 0 Å². The molecule has 0 spiro atoms. The first-order valence-corrected chi connectivity index (χ1v) is 7.09. The van der Waals surface area contributed by atoms with E-state index in [9.17, 15) is 24.9 Å². The van der Waals surface area contributed by atoms with Gasteiger partial charge >= 0.3 is 0 Å². The number of carbonyl (C=O) groups is 2. The standard InChI is InChI=1S/C15H20N2O5/c16-14(21)12-13(20)11(19)8-17(12)15(22)10(18)7-6-9-4-2-1-3-5-9/h1-5,10-13,18-20H,6-8H2,(H2,16,21)/t10-,11+,12?,13-/m1/s1. The summed E-state index contributed by atoms with van der Waals surface area (Å²) >= 11 is 0. The van der Waals surface area contributed by atoms with Crippen molar-refractivity contribution in [1.82, 2.24) is 4.90 Å². The molecule has 0 aliphatic carbocycles. The number of benzene rings is 1. The van der Waals surface area contributed by atoms with E-state index in [1.54, 1.807) is 0 Å². The summed E-state index contributed by atoms with van der Waals surface area (Å²) in [6.45, 7) is -0.226. The Labute approximate surface area is 128 Å². The Morgan fingerprint density at radius 2 is 1.91 bits per heavy atom. The van der Waals surface area contributed by atoms with E-state index in [-0.39, 0.29) is 13.0 Å². The van der Waals surface area contributed by atoms with Gasteiger partial charge in [0.15, 0.2) is 0 Å². The van der Waals surface area contributed by atoms with Crippen molar-refractivity contribution in [3.63, 3.8) is 0 Å². The van der Waals surface area contributed by atoms with Gasteiger partial charge in [0.05, 0.1) is 12.6 Å². The second-order valence-corrected chi connectivity index (χ2v) is 5.44. The maximum Gasteiger partial charge on any atom is 0.252 e. The minimum absolute atomic E-state index is 0.178. The van der Waals surface area contributed by atoms with Crippen molar-refractivity contribution in [2.45, 2.75) is 37.2 Å². The zero-order valence-electron chi connectivity index (χ0n) is 12.0. The molecular weight excluding hydrogens is 288 g/mol. The first kappa shape index (κ1) is 16.4. The number of nitrogens with two attached hydrogens (primary N) is 1. The van der Waals surface area contributed by atoms with E-state index in [0.717, 1.165) is 10.5 Å². The Balaban J connectivity index is 1.99. The summed E-state index contributed by atoms with van der Waals surface area (Å²) in [5.74, 6) is -1.62. The molecule has 120 valence electrons. The van der Waals surface area contributed by atoms with Crippen molar-refractivity contribution in [2.24, 2.45) is 5.73 Å². The molecule has 0 radical (unpaired) electrons. The molecule has 7 heteroatoms. The van der Waals surface area contributed by atoms with Crippen molar-refractivity contribution >= 4 is 11.8 Å². The number of aliphatic hydroxyl groups excluding tert-OH is 3. The molecule has 2 amide bonds. The van der Waals surface area contributed by atoms with Crippen LogP contribution in [0.3, 0.4) is 0 Å². The molecule has 4 atom stereocenters. The number of rotatable bonds is 5. The molecule has 0 saturated carbocycles. The third-order valence-electron chi connectivity index (χ3n) is 3.85. The summed E-state index contributed by atoms with van der Waals surface area (Å²) in [7, 11) is 0. The zero-order chi connectivity index (χ0) is 16.3. The molecule has 1 fully saturated rings. The highest BCUT2D eigenvalue weighted by Crippen LogP contribution is 2.20. The van der Waals surface area contributed by atoms with Crippen LogP contribution in [0.5, 0.6) is 0 Å². The Morgan fingerprint density at radius 1 is 1.27 bits per heavy atom. The number of amides is 2. The second-order valence-electron chi connectivity index (χ2n) is 5.44. The topological polar surface area (TPSA) is 124 Å². The van der Waals surface area contributed by atoms with Crippen molar-refractivity contribution in [1.29, 1.82) is 0 Å². The van der Waals surface area contributed by atoms with Crippen LogP contribution in [-0.2, 0) is 16.0 Å². The molecule has 1 aliphatic rings. The van der Waals surface area contributed by atoms with Crippen LogP contribution in [0.1, 0.15) is 12.0 Å². The van der Waals surface area contributed by atoms with Crippen LogP contribution >= 0.6 is 0 Å². The Hall–Kier alpha value is -1.96. The van der Waals surface area contributed by atoms with Gasteiger partial charge in [-0.2, -0.15) is 0 Å². The number of β-amino-alcohol motifs (C(OH)–C–C–N with tert-alkyl or cyclic N) is 1. The van der Waals surface area contributed by atoms with Gasteiger partial charge in [-0.3, -0.25) is 9.59 Å². The maximum absolute atomic E-state index is 12.2. The summed E-state index contributed by atoms with van der Waals surface area (Å²) in [4.78, 5) is 24.5. The van der Waals surface area contributed by atoms with E-state index in [4.69, 9.17) is 5.73 Å². The SMILES string of the molecule is NC(=O)C1[C@H](O)[C@@H](O)CN1C(=O)[C@H](O)CCc1ccccc1. The molecule has 1 aromatic carbocycles. The number of primary amides is 1. The molecule has 0 aromatic heterocycles. The summed E-state index contributed by atoms with van der Waals surface area (Å²) in [6, 6.07) is 8.04. The van der Waals surface area contributed by atoms with Gasteiger partial charge in [-0.05, 0) is 18.4 Å². The summed E-state index contributed by atoms with van der Waals surface area (Å²) in [5.41, 5.74) is 6.13. The lowest BCUT2D eigenvalue weighted by Gasteiger charge is -2.25. The highest BCUT2D eigenvalue weighted by molar-refractivity contribution is 5.89. The van der Waals surface area contributed by atoms with Crippen LogP contribution < -0.4 is 5.73 Å². The number of carbonyl (C=O) groups excluding carboxylic acids is 2. The number of likely N-dealkylation sites (tertiary alicyclic amines) is 1. The minimum atomic E-state index is -1.43. The molecule has 7 nitrogen and oxygen atoms in total. The Bertz CT molecular complexity index is 536. The van der Waals surface area contributed by atoms with Crippen LogP contribution in [-0.4, -0.2) is 62.9 Å². The maximum atomic E-state index is 12.2. The van der Waals surface area contributed by atoms with Crippen molar-refractivity contribution < 1.29 is 24.9 Å². The fourth-order valence-corrected chi connectivity index (χ4v) is 2.63. The molecule has 1 aromatic rings. The molecule has 22 heavy (non-hydrogen) atoms. The number of hydrogen-bond acceptors (Lipinski definition) is 5. The largest absolute Gasteiger partial charge is 0.388 e. The molecule has 0 bridgehead atoms. The van der Waals surface area contributed by atoms with Gasteiger partial charge in [-0.1, -0.05) is 30.3 Å².